The van der Waals surface area contributed by atoms with Crippen LogP contribution in [-0.2, 0) is 0 Å². The molecule has 2 aromatic carbocycles. The van der Waals surface area contributed by atoms with Gasteiger partial charge in [-0.1, -0.05) is 0 Å². The predicted octanol–water partition coefficient (Wildman–Crippen LogP) is 3.62. The Hall–Kier alpha value is -2.08. The Balaban J connectivity index is 2.40. The zero-order valence-electron chi connectivity index (χ0n) is 11.7. The van der Waals surface area contributed by atoms with Crippen molar-refractivity contribution in [1.82, 2.24) is 4.90 Å². The van der Waals surface area contributed by atoms with Gasteiger partial charge in [0.15, 0.2) is 0 Å². The molecule has 110 valence electrons. The number of hydrogen-bond acceptors (Lipinski definition) is 3. The molecule has 3 N–H and O–H groups in total. The Morgan fingerprint density at radius 1 is 1.24 bits per heavy atom. The van der Waals surface area contributed by atoms with Crippen molar-refractivity contribution in [2.24, 2.45) is 0 Å². The zero-order valence-corrected chi connectivity index (χ0v) is 13.2. The Labute approximate surface area is 130 Å². The van der Waals surface area contributed by atoms with Gasteiger partial charge in [-0.2, -0.15) is 0 Å². The molecule has 6 heteroatoms. The first-order valence-corrected chi connectivity index (χ1v) is 7.01. The van der Waals surface area contributed by atoms with E-state index in [4.69, 9.17) is 5.73 Å². The van der Waals surface area contributed by atoms with Crippen molar-refractivity contribution in [3.05, 3.63) is 52.3 Å². The van der Waals surface area contributed by atoms with Gasteiger partial charge in [-0.3, -0.25) is 4.79 Å². The van der Waals surface area contributed by atoms with E-state index in [1.807, 2.05) is 0 Å². The van der Waals surface area contributed by atoms with Crippen LogP contribution in [0.4, 0.5) is 21.5 Å². The number of nitrogen functional groups attached to an aromatic ring is 1. The van der Waals surface area contributed by atoms with Crippen LogP contribution < -0.4 is 11.1 Å². The summed E-state index contributed by atoms with van der Waals surface area (Å²) >= 11 is 3.13. The number of anilines is 3. The lowest BCUT2D eigenvalue weighted by Crippen LogP contribution is -2.22. The summed E-state index contributed by atoms with van der Waals surface area (Å²) in [6.07, 6.45) is 0. The molecule has 0 saturated heterocycles. The number of amides is 1. The van der Waals surface area contributed by atoms with Crippen LogP contribution in [0, 0.1) is 5.82 Å². The Bertz CT molecular complexity index is 689. The van der Waals surface area contributed by atoms with Gasteiger partial charge in [0.05, 0.1) is 15.7 Å². The summed E-state index contributed by atoms with van der Waals surface area (Å²) in [6.45, 7) is 0. The van der Waals surface area contributed by atoms with Crippen LogP contribution in [-0.4, -0.2) is 24.9 Å². The number of rotatable bonds is 3. The average molecular weight is 352 g/mol. The number of carbonyl (C=O) groups is 1. The smallest absolute Gasteiger partial charge is 0.255 e. The second-order valence-electron chi connectivity index (χ2n) is 4.76. The fraction of sp³-hybridized carbons (Fsp3) is 0.133. The van der Waals surface area contributed by atoms with Crippen LogP contribution in [0.3, 0.4) is 0 Å². The maximum Gasteiger partial charge on any atom is 0.255 e. The van der Waals surface area contributed by atoms with Crippen molar-refractivity contribution in [3.63, 3.8) is 0 Å². The number of carbonyl (C=O) groups excluding carboxylic acids is 1. The second kappa shape index (κ2) is 6.13. The van der Waals surface area contributed by atoms with Crippen LogP contribution in [0.15, 0.2) is 40.9 Å². The zero-order chi connectivity index (χ0) is 15.6. The number of hydrogen-bond donors (Lipinski definition) is 2. The van der Waals surface area contributed by atoms with E-state index in [1.54, 1.807) is 44.4 Å². The Kier molecular flexibility index (Phi) is 4.47. The quantitative estimate of drug-likeness (QED) is 0.830. The first-order chi connectivity index (χ1) is 9.88. The van der Waals surface area contributed by atoms with Crippen molar-refractivity contribution in [2.45, 2.75) is 0 Å². The van der Waals surface area contributed by atoms with Gasteiger partial charge in [0.25, 0.3) is 5.91 Å². The van der Waals surface area contributed by atoms with E-state index in [2.05, 4.69) is 21.2 Å². The van der Waals surface area contributed by atoms with E-state index in [0.717, 1.165) is 0 Å². The first-order valence-electron chi connectivity index (χ1n) is 6.21. The summed E-state index contributed by atoms with van der Waals surface area (Å²) in [5.41, 5.74) is 8.04. The Morgan fingerprint density at radius 2 is 1.95 bits per heavy atom. The molecule has 0 atom stereocenters. The summed E-state index contributed by atoms with van der Waals surface area (Å²) in [5.74, 6) is -0.489. The maximum atomic E-state index is 13.3. The van der Waals surface area contributed by atoms with E-state index >= 15 is 0 Å². The molecule has 0 aliphatic carbocycles. The molecule has 4 nitrogen and oxygen atoms in total. The molecule has 2 rings (SSSR count). The van der Waals surface area contributed by atoms with Crippen LogP contribution in [0.2, 0.25) is 0 Å². The van der Waals surface area contributed by atoms with Gasteiger partial charge in [-0.25, -0.2) is 4.39 Å². The maximum absolute atomic E-state index is 13.3. The van der Waals surface area contributed by atoms with Crippen molar-refractivity contribution in [2.75, 3.05) is 25.1 Å². The molecule has 0 radical (unpaired) electrons. The van der Waals surface area contributed by atoms with Crippen molar-refractivity contribution in [3.8, 4) is 0 Å². The van der Waals surface area contributed by atoms with E-state index < -0.39 is 0 Å². The highest BCUT2D eigenvalue weighted by atomic mass is 79.9. The molecule has 0 aromatic heterocycles. The topological polar surface area (TPSA) is 58.4 Å². The minimum atomic E-state index is -0.349. The molecular formula is C15H15BrFN3O. The van der Waals surface area contributed by atoms with Crippen LogP contribution in [0.1, 0.15) is 10.4 Å². The standard InChI is InChI=1S/C15H15BrFN3O/c1-20(2)15(21)11-5-3-9(18)7-14(11)19-10-4-6-13(17)12(16)8-10/h3-8,19H,18H2,1-2H3. The number of nitrogens with zero attached hydrogens (tertiary/aromatic N) is 1. The molecule has 1 amide bonds. The van der Waals surface area contributed by atoms with E-state index in [9.17, 15) is 9.18 Å². The van der Waals surface area contributed by atoms with Gasteiger partial charge in [0.1, 0.15) is 5.82 Å². The molecule has 0 unspecified atom stereocenters. The number of halogens is 2. The lowest BCUT2D eigenvalue weighted by molar-refractivity contribution is 0.0828. The van der Waals surface area contributed by atoms with Crippen molar-refractivity contribution >= 4 is 38.9 Å². The lowest BCUT2D eigenvalue weighted by Gasteiger charge is -2.16. The van der Waals surface area contributed by atoms with Gasteiger partial charge >= 0.3 is 0 Å². The van der Waals surface area contributed by atoms with E-state index in [-0.39, 0.29) is 11.7 Å². The molecule has 0 spiro atoms. The van der Waals surface area contributed by atoms with Crippen LogP contribution >= 0.6 is 15.9 Å². The largest absolute Gasteiger partial charge is 0.399 e. The normalized spacial score (nSPS) is 10.3. The van der Waals surface area contributed by atoms with E-state index in [1.165, 1.54) is 11.0 Å². The second-order valence-corrected chi connectivity index (χ2v) is 5.61. The predicted molar refractivity (Wildman–Crippen MR) is 86.3 cm³/mol. The van der Waals surface area contributed by atoms with Crippen molar-refractivity contribution < 1.29 is 9.18 Å². The SMILES string of the molecule is CN(C)C(=O)c1ccc(N)cc1Nc1ccc(F)c(Br)c1. The van der Waals surface area contributed by atoms with Gasteiger partial charge in [0, 0.05) is 25.5 Å². The fourth-order valence-electron chi connectivity index (χ4n) is 1.82. The first kappa shape index (κ1) is 15.3. The van der Waals surface area contributed by atoms with Gasteiger partial charge < -0.3 is 16.0 Å². The molecular weight excluding hydrogens is 337 g/mol. The Morgan fingerprint density at radius 3 is 2.57 bits per heavy atom. The number of benzene rings is 2. The van der Waals surface area contributed by atoms with Gasteiger partial charge in [0.2, 0.25) is 0 Å². The number of nitrogens with two attached hydrogens (primary N) is 1. The molecule has 0 bridgehead atoms. The van der Waals surface area contributed by atoms with Crippen LogP contribution in [0.25, 0.3) is 0 Å². The fourth-order valence-corrected chi connectivity index (χ4v) is 2.20. The third kappa shape index (κ3) is 3.52. The number of nitrogens with one attached hydrogen (secondary N) is 1. The molecule has 0 fully saturated rings. The van der Waals surface area contributed by atoms with Gasteiger partial charge in [-0.15, -0.1) is 0 Å². The minimum absolute atomic E-state index is 0.140. The summed E-state index contributed by atoms with van der Waals surface area (Å²) in [5, 5.41) is 3.09. The van der Waals surface area contributed by atoms with Crippen LogP contribution in [0.5, 0.6) is 0 Å². The van der Waals surface area contributed by atoms with Gasteiger partial charge in [-0.05, 0) is 52.3 Å². The third-order valence-corrected chi connectivity index (χ3v) is 3.49. The molecule has 21 heavy (non-hydrogen) atoms. The summed E-state index contributed by atoms with van der Waals surface area (Å²) in [6, 6.07) is 9.54. The highest BCUT2D eigenvalue weighted by Gasteiger charge is 2.14. The summed E-state index contributed by atoms with van der Waals surface area (Å²) in [7, 11) is 3.36. The molecule has 0 heterocycles. The van der Waals surface area contributed by atoms with Crippen molar-refractivity contribution in [1.29, 1.82) is 0 Å². The van der Waals surface area contributed by atoms with E-state index in [0.29, 0.717) is 27.1 Å². The molecule has 0 aliphatic rings. The average Bonchev–Trinajstić information content (AvgIpc) is 2.42. The molecule has 0 saturated carbocycles. The lowest BCUT2D eigenvalue weighted by atomic mass is 10.1. The highest BCUT2D eigenvalue weighted by molar-refractivity contribution is 9.10. The monoisotopic (exact) mass is 351 g/mol. The molecule has 0 aliphatic heterocycles. The third-order valence-electron chi connectivity index (χ3n) is 2.88. The molecule has 2 aromatic rings. The highest BCUT2D eigenvalue weighted by Crippen LogP contribution is 2.27. The minimum Gasteiger partial charge on any atom is -0.399 e. The summed E-state index contributed by atoms with van der Waals surface area (Å²) in [4.78, 5) is 13.6. The summed E-state index contributed by atoms with van der Waals surface area (Å²) < 4.78 is 13.6.